The average molecular weight is 1850 g/mol. The van der Waals surface area contributed by atoms with Gasteiger partial charge in [-0.15, -0.1) is 0 Å². The highest BCUT2D eigenvalue weighted by Gasteiger charge is 2.86. The Morgan fingerprint density at radius 3 is 0.616 bits per heavy atom. The van der Waals surface area contributed by atoms with Crippen LogP contribution in [0.5, 0.6) is 23.0 Å². The van der Waals surface area contributed by atoms with Gasteiger partial charge in [-0.25, -0.2) is 25.3 Å². The molecule has 0 aromatic heterocycles. The smallest absolute Gasteiger partial charge is 0.460 e. The lowest BCUT2D eigenvalue weighted by atomic mass is 10.1. The van der Waals surface area contributed by atoms with E-state index >= 15 is 0 Å². The molecule has 8 aromatic carbocycles. The third-order valence-electron chi connectivity index (χ3n) is 15.8. The summed E-state index contributed by atoms with van der Waals surface area (Å²) in [6, 6.07) is 61.3. The lowest BCUT2D eigenvalue weighted by Gasteiger charge is -2.34. The number of aryl methyl sites for hydroxylation is 4. The Kier molecular flexibility index (Phi) is 28.8. The second kappa shape index (κ2) is 33.8. The molecule has 0 bridgehead atoms. The van der Waals surface area contributed by atoms with Gasteiger partial charge in [0.2, 0.25) is 0 Å². The van der Waals surface area contributed by atoms with Crippen molar-refractivity contribution in [3.8, 4) is 23.0 Å². The molecule has 0 saturated carbocycles. The zero-order valence-corrected chi connectivity index (χ0v) is 63.5. The lowest BCUT2D eigenvalue weighted by molar-refractivity contribution is -0.597. The predicted molar refractivity (Wildman–Crippen MR) is 343 cm³/mol. The van der Waals surface area contributed by atoms with E-state index in [1.807, 2.05) is 0 Å². The van der Waals surface area contributed by atoms with Crippen molar-refractivity contribution in [2.24, 2.45) is 0 Å². The molecule has 0 aliphatic rings. The van der Waals surface area contributed by atoms with Crippen LogP contribution in [0.3, 0.4) is 0 Å². The molecule has 0 amide bonds. The number of ether oxygens (including phenoxy) is 2. The minimum absolute atomic E-state index is 0.225. The molecule has 11 nitrogen and oxygen atoms in total. The van der Waals surface area contributed by atoms with Crippen LogP contribution in [0.1, 0.15) is 44.5 Å². The van der Waals surface area contributed by atoms with Gasteiger partial charge < -0.3 is 23.1 Å². The zero-order chi connectivity index (χ0) is 86.1. The standard InChI is InChI=1S/C56H52IO2S2.3C4HF9O3S/c1-37-13-9-17-53(41(37)5)60(54-18-10-14-38(2)42(54)6)51-33-29-49(30-34-51)58-47-25-21-45(22-26-47)57-46-23-27-48(28-24-46)59-50-31-35-52(36-32-50)61(55-19-11-15-39(3)43(55)7)56-20-12-16-40(4)44(56)8;3*5-1(6,3(9,10)11)2(7,8)4(12,13)17(14,15)16/h9-36H,1-8H3;3*(H,14,15,16)/q+3;;;/p-3. The first-order valence-corrected chi connectivity index (χ1v) is 39.0. The molecule has 0 unspecified atom stereocenters. The van der Waals surface area contributed by atoms with E-state index in [1.54, 1.807) is 0 Å². The van der Waals surface area contributed by atoms with E-state index in [4.69, 9.17) is 9.47 Å². The van der Waals surface area contributed by atoms with Gasteiger partial charge in [-0.1, -0.05) is 48.5 Å². The Morgan fingerprint density at radius 2 is 0.446 bits per heavy atom. The molecule has 0 radical (unpaired) electrons. The molecule has 0 N–H and O–H groups in total. The molecule has 112 heavy (non-hydrogen) atoms. The van der Waals surface area contributed by atoms with Crippen molar-refractivity contribution in [2.75, 3.05) is 0 Å². The summed E-state index contributed by atoms with van der Waals surface area (Å²) in [5.74, 6) is -41.1. The van der Waals surface area contributed by atoms with Crippen LogP contribution in [0.4, 0.5) is 119 Å². The minimum atomic E-state index is -7.43. The van der Waals surface area contributed by atoms with E-state index in [0.29, 0.717) is 0 Å². The van der Waals surface area contributed by atoms with Gasteiger partial charge in [0.25, 0.3) is 0 Å². The van der Waals surface area contributed by atoms with Crippen LogP contribution >= 0.6 is 0 Å². The van der Waals surface area contributed by atoms with Gasteiger partial charge in [0.1, 0.15) is 23.0 Å². The molecule has 8 aromatic rings. The second-order valence-electron chi connectivity index (χ2n) is 23.4. The van der Waals surface area contributed by atoms with Crippen LogP contribution < -0.4 is 30.7 Å². The molecule has 0 aliphatic heterocycles. The number of alkyl halides is 27. The van der Waals surface area contributed by atoms with E-state index in [-0.39, 0.29) is 43.0 Å². The maximum absolute atomic E-state index is 12.2. The molecule has 0 fully saturated rings. The number of hydrogen-bond acceptors (Lipinski definition) is 11. The third kappa shape index (κ3) is 19.6. The third-order valence-corrected chi connectivity index (χ3v) is 26.2. The minimum Gasteiger partial charge on any atom is -0.743 e. The normalized spacial score (nSPS) is 13.5. The highest BCUT2D eigenvalue weighted by atomic mass is 127. The predicted octanol–water partition coefficient (Wildman–Crippen LogP) is 17.9. The Morgan fingerprint density at radius 1 is 0.268 bits per heavy atom. The van der Waals surface area contributed by atoms with Gasteiger partial charge in [-0.2, -0.15) is 119 Å². The molecule has 0 atom stereocenters. The fourth-order valence-electron chi connectivity index (χ4n) is 8.90. The van der Waals surface area contributed by atoms with Crippen molar-refractivity contribution in [2.45, 2.75) is 155 Å². The van der Waals surface area contributed by atoms with Gasteiger partial charge in [0.05, 0.1) is 21.8 Å². The Hall–Kier alpha value is -7.37. The Balaban J connectivity index is 0.000000355. The van der Waals surface area contributed by atoms with Crippen molar-refractivity contribution in [1.29, 1.82) is 0 Å². The van der Waals surface area contributed by atoms with Crippen LogP contribution in [0.15, 0.2) is 199 Å². The summed E-state index contributed by atoms with van der Waals surface area (Å²) >= 11 is -0.363. The highest BCUT2D eigenvalue weighted by Crippen LogP contribution is 2.57. The molecule has 616 valence electrons. The van der Waals surface area contributed by atoms with Crippen LogP contribution in [0.2, 0.25) is 0 Å². The monoisotopic (exact) mass is 1840 g/mol. The van der Waals surface area contributed by atoms with E-state index in [2.05, 4.69) is 225 Å². The summed E-state index contributed by atoms with van der Waals surface area (Å²) in [5, 5.41) is -21.3. The van der Waals surface area contributed by atoms with Crippen molar-refractivity contribution in [1.82, 2.24) is 0 Å². The van der Waals surface area contributed by atoms with Crippen molar-refractivity contribution in [3.05, 3.63) is 222 Å². The van der Waals surface area contributed by atoms with E-state index in [1.165, 1.54) is 81.0 Å². The summed E-state index contributed by atoms with van der Waals surface area (Å²) in [4.78, 5) is 8.08. The number of hydrogen-bond donors (Lipinski definition) is 0. The van der Waals surface area contributed by atoms with E-state index < -0.39 is 100 Å². The van der Waals surface area contributed by atoms with Gasteiger partial charge in [-0.3, -0.25) is 0 Å². The molecular formula is C68H52F27IO11S5. The summed E-state index contributed by atoms with van der Waals surface area (Å²) in [6.45, 7) is 17.8. The van der Waals surface area contributed by atoms with E-state index in [9.17, 15) is 157 Å². The highest BCUT2D eigenvalue weighted by molar-refractivity contribution is 7.97. The van der Waals surface area contributed by atoms with Crippen molar-refractivity contribution in [3.63, 3.8) is 0 Å². The molecule has 0 heterocycles. The number of halogens is 28. The molecule has 0 saturated heterocycles. The van der Waals surface area contributed by atoms with Crippen molar-refractivity contribution < 1.29 is 188 Å². The maximum Gasteiger partial charge on any atom is 0.460 e. The fourth-order valence-corrected chi connectivity index (χ4v) is 17.4. The Bertz CT molecular complexity index is 4510. The Labute approximate surface area is 635 Å². The first-order valence-electron chi connectivity index (χ1n) is 30.1. The maximum atomic E-state index is 12.2. The van der Waals surface area contributed by atoms with Crippen molar-refractivity contribution >= 4 is 52.1 Å². The quantitative estimate of drug-likeness (QED) is 0.0288. The van der Waals surface area contributed by atoms with E-state index in [0.717, 1.165) is 23.0 Å². The first-order chi connectivity index (χ1) is 50.5. The van der Waals surface area contributed by atoms with Gasteiger partial charge in [-0.05, 0) is 199 Å². The van der Waals surface area contributed by atoms with Crippen LogP contribution in [0.25, 0.3) is 0 Å². The SMILES string of the molecule is Cc1cccc([S+](c2ccc(Oc3ccc([I+]c4ccc(Oc5ccc([S+](c6cccc(C)c6C)c6cccc(C)c6C)cc5)cc4)cc3)cc2)c2cccc(C)c2C)c1C.O=S(=O)([O-])C(F)(F)C(F)(F)C(F)(F)C(F)(F)F.O=S(=O)([O-])C(F)(F)C(F)(F)C(F)(F)C(F)(F)F.O=S(=O)([O-])C(F)(F)C(F)(F)C(F)(F)C(F)(F)F. The lowest BCUT2D eigenvalue weighted by Crippen LogP contribution is -3.61. The number of rotatable bonds is 21. The number of benzene rings is 8. The molecular weight excluding hydrogens is 1790 g/mol. The average Bonchev–Trinajstić information content (AvgIpc) is 0.736. The largest absolute Gasteiger partial charge is 0.743 e. The zero-order valence-electron chi connectivity index (χ0n) is 57.3. The second-order valence-corrected chi connectivity index (χ2v) is 34.6. The first kappa shape index (κ1) is 95.2. The molecule has 44 heteroatoms. The van der Waals surface area contributed by atoms with Crippen LogP contribution in [-0.4, -0.2) is 109 Å². The fraction of sp³-hybridized carbons (Fsp3) is 0.294. The summed E-state index contributed by atoms with van der Waals surface area (Å²) in [7, 11) is -22.7. The molecule has 0 aliphatic carbocycles. The van der Waals surface area contributed by atoms with Gasteiger partial charge >= 0.3 is 91.0 Å². The summed E-state index contributed by atoms with van der Waals surface area (Å²) in [5.41, 5.74) is 10.7. The molecule has 8 rings (SSSR count). The topological polar surface area (TPSA) is 190 Å². The van der Waals surface area contributed by atoms with Crippen LogP contribution in [-0.2, 0) is 52.1 Å². The summed E-state index contributed by atoms with van der Waals surface area (Å²) in [6.07, 6.45) is -21.5. The molecule has 0 spiro atoms. The summed E-state index contributed by atoms with van der Waals surface area (Å²) < 4.78 is 422. The van der Waals surface area contributed by atoms with Gasteiger partial charge in [0.15, 0.2) is 66.9 Å². The van der Waals surface area contributed by atoms with Gasteiger partial charge in [0, 0.05) is 22.3 Å². The van der Waals surface area contributed by atoms with Crippen LogP contribution in [0, 0.1) is 62.5 Å².